The van der Waals surface area contributed by atoms with Gasteiger partial charge in [0.05, 0.1) is 6.61 Å². The van der Waals surface area contributed by atoms with E-state index < -0.39 is 30.3 Å². The van der Waals surface area contributed by atoms with Gasteiger partial charge in [-0.1, -0.05) is 0 Å². The summed E-state index contributed by atoms with van der Waals surface area (Å²) in [5.74, 6) is -1.25. The average molecular weight is 279 g/mol. The molecule has 0 saturated heterocycles. The van der Waals surface area contributed by atoms with Crippen molar-refractivity contribution in [2.24, 2.45) is 0 Å². The van der Waals surface area contributed by atoms with Crippen LogP contribution in [-0.4, -0.2) is 34.8 Å². The molecule has 9 heteroatoms. The highest BCUT2D eigenvalue weighted by atomic mass is 19.4. The van der Waals surface area contributed by atoms with Crippen LogP contribution in [-0.2, 0) is 27.0 Å². The summed E-state index contributed by atoms with van der Waals surface area (Å²) >= 11 is 0. The molecule has 106 valence electrons. The number of amides is 1. The van der Waals surface area contributed by atoms with Gasteiger partial charge in [-0.3, -0.25) is 14.3 Å². The van der Waals surface area contributed by atoms with Crippen molar-refractivity contribution >= 4 is 11.9 Å². The van der Waals surface area contributed by atoms with Gasteiger partial charge in [-0.05, 0) is 13.0 Å². The molecule has 0 aliphatic carbocycles. The first-order valence-corrected chi connectivity index (χ1v) is 5.36. The molecule has 0 aliphatic rings. The van der Waals surface area contributed by atoms with Gasteiger partial charge in [-0.2, -0.15) is 18.3 Å². The van der Waals surface area contributed by atoms with Crippen molar-refractivity contribution in [3.05, 3.63) is 18.0 Å². The molecule has 1 aromatic rings. The summed E-state index contributed by atoms with van der Waals surface area (Å²) in [6.07, 6.45) is -3.51. The highest BCUT2D eigenvalue weighted by Crippen LogP contribution is 2.27. The van der Waals surface area contributed by atoms with Crippen LogP contribution in [0.2, 0.25) is 0 Å². The summed E-state index contributed by atoms with van der Waals surface area (Å²) in [6, 6.07) is 0.763. The number of carbonyl (C=O) groups excluding carboxylic acids is 2. The lowest BCUT2D eigenvalue weighted by molar-refractivity contribution is -0.143. The first-order chi connectivity index (χ1) is 8.82. The third kappa shape index (κ3) is 4.98. The Hall–Kier alpha value is -2.06. The molecule has 1 N–H and O–H groups in total. The van der Waals surface area contributed by atoms with Gasteiger partial charge in [0, 0.05) is 6.20 Å². The number of halogens is 3. The molecule has 0 spiro atoms. The van der Waals surface area contributed by atoms with Crippen molar-refractivity contribution in [2.45, 2.75) is 19.6 Å². The zero-order valence-electron chi connectivity index (χ0n) is 10.0. The van der Waals surface area contributed by atoms with E-state index in [0.717, 1.165) is 16.9 Å². The monoisotopic (exact) mass is 279 g/mol. The summed E-state index contributed by atoms with van der Waals surface area (Å²) in [7, 11) is 0. The van der Waals surface area contributed by atoms with Crippen LogP contribution in [0.3, 0.4) is 0 Å². The standard InChI is InChI=1S/C10H12F3N3O3/c1-2-19-9(18)5-14-8(17)6-16-4-3-7(15-16)10(11,12)13/h3-4H,2,5-6H2,1H3,(H,14,17). The van der Waals surface area contributed by atoms with Gasteiger partial charge in [0.2, 0.25) is 5.91 Å². The van der Waals surface area contributed by atoms with Gasteiger partial charge >= 0.3 is 12.1 Å². The lowest BCUT2D eigenvalue weighted by atomic mass is 10.4. The molecule has 1 heterocycles. The number of rotatable bonds is 5. The Morgan fingerprint density at radius 1 is 1.47 bits per heavy atom. The van der Waals surface area contributed by atoms with Gasteiger partial charge < -0.3 is 10.1 Å². The summed E-state index contributed by atoms with van der Waals surface area (Å²) in [6.45, 7) is 1.06. The molecule has 6 nitrogen and oxygen atoms in total. The van der Waals surface area contributed by atoms with Crippen LogP contribution in [0.5, 0.6) is 0 Å². The van der Waals surface area contributed by atoms with Crippen LogP contribution in [0.15, 0.2) is 12.3 Å². The van der Waals surface area contributed by atoms with Gasteiger partial charge in [0.1, 0.15) is 13.1 Å². The van der Waals surface area contributed by atoms with Crippen molar-refractivity contribution in [3.63, 3.8) is 0 Å². The Morgan fingerprint density at radius 3 is 2.68 bits per heavy atom. The molecule has 0 aliphatic heterocycles. The van der Waals surface area contributed by atoms with Crippen LogP contribution in [0, 0.1) is 0 Å². The molecule has 0 radical (unpaired) electrons. The summed E-state index contributed by atoms with van der Waals surface area (Å²) in [4.78, 5) is 22.2. The maximum atomic E-state index is 12.2. The number of carbonyl (C=O) groups is 2. The SMILES string of the molecule is CCOC(=O)CNC(=O)Cn1ccc(C(F)(F)F)n1. The normalized spacial score (nSPS) is 11.2. The fourth-order valence-electron chi connectivity index (χ4n) is 1.19. The largest absolute Gasteiger partial charge is 0.465 e. The van der Waals surface area contributed by atoms with Gasteiger partial charge in [-0.15, -0.1) is 0 Å². The molecule has 0 unspecified atom stereocenters. The fourth-order valence-corrected chi connectivity index (χ4v) is 1.19. The van der Waals surface area contributed by atoms with Crippen LogP contribution in [0.25, 0.3) is 0 Å². The second-order valence-corrected chi connectivity index (χ2v) is 3.48. The van der Waals surface area contributed by atoms with Gasteiger partial charge in [0.15, 0.2) is 5.69 Å². The summed E-state index contributed by atoms with van der Waals surface area (Å²) < 4.78 is 42.1. The fraction of sp³-hybridized carbons (Fsp3) is 0.500. The molecule has 0 aromatic carbocycles. The lowest BCUT2D eigenvalue weighted by Gasteiger charge is -2.05. The third-order valence-electron chi connectivity index (χ3n) is 1.97. The van der Waals surface area contributed by atoms with Crippen molar-refractivity contribution in [1.29, 1.82) is 0 Å². The Bertz CT molecular complexity index is 456. The Kier molecular flexibility index (Phi) is 4.90. The molecular weight excluding hydrogens is 267 g/mol. The number of ether oxygens (including phenoxy) is 1. The average Bonchev–Trinajstić information content (AvgIpc) is 2.75. The minimum Gasteiger partial charge on any atom is -0.465 e. The Labute approximate surface area is 106 Å². The topological polar surface area (TPSA) is 73.2 Å². The van der Waals surface area contributed by atoms with E-state index in [2.05, 4.69) is 15.2 Å². The summed E-state index contributed by atoms with van der Waals surface area (Å²) in [5.41, 5.74) is -1.08. The number of esters is 1. The number of nitrogens with one attached hydrogen (secondary N) is 1. The van der Waals surface area contributed by atoms with Crippen LogP contribution in [0.1, 0.15) is 12.6 Å². The smallest absolute Gasteiger partial charge is 0.435 e. The number of alkyl halides is 3. The second kappa shape index (κ2) is 6.21. The van der Waals surface area contributed by atoms with Crippen LogP contribution in [0.4, 0.5) is 13.2 Å². The quantitative estimate of drug-likeness (QED) is 0.800. The zero-order chi connectivity index (χ0) is 14.5. The van der Waals surface area contributed by atoms with Crippen molar-refractivity contribution in [3.8, 4) is 0 Å². The van der Waals surface area contributed by atoms with Crippen LogP contribution < -0.4 is 5.32 Å². The molecule has 19 heavy (non-hydrogen) atoms. The summed E-state index contributed by atoms with van der Waals surface area (Å²) in [5, 5.41) is 5.41. The van der Waals surface area contributed by atoms with Crippen LogP contribution >= 0.6 is 0 Å². The molecule has 0 fully saturated rings. The van der Waals surface area contributed by atoms with E-state index in [4.69, 9.17) is 0 Å². The predicted molar refractivity (Wildman–Crippen MR) is 56.9 cm³/mol. The number of hydrogen-bond donors (Lipinski definition) is 1. The minimum atomic E-state index is -4.55. The van der Waals surface area contributed by atoms with E-state index in [1.165, 1.54) is 0 Å². The van der Waals surface area contributed by atoms with E-state index >= 15 is 0 Å². The van der Waals surface area contributed by atoms with Crippen molar-refractivity contribution < 1.29 is 27.5 Å². The lowest BCUT2D eigenvalue weighted by Crippen LogP contribution is -2.33. The predicted octanol–water partition coefficient (Wildman–Crippen LogP) is 0.581. The molecule has 1 amide bonds. The zero-order valence-corrected chi connectivity index (χ0v) is 10.0. The van der Waals surface area contributed by atoms with E-state index in [-0.39, 0.29) is 13.2 Å². The number of nitrogens with zero attached hydrogens (tertiary/aromatic N) is 2. The molecule has 1 rings (SSSR count). The van der Waals surface area contributed by atoms with Crippen molar-refractivity contribution in [1.82, 2.24) is 15.1 Å². The third-order valence-corrected chi connectivity index (χ3v) is 1.97. The number of aromatic nitrogens is 2. The van der Waals surface area contributed by atoms with E-state index in [0.29, 0.717) is 0 Å². The Balaban J connectivity index is 2.45. The first kappa shape index (κ1) is 15.0. The molecular formula is C10H12F3N3O3. The highest BCUT2D eigenvalue weighted by molar-refractivity contribution is 5.81. The Morgan fingerprint density at radius 2 is 2.16 bits per heavy atom. The van der Waals surface area contributed by atoms with Crippen molar-refractivity contribution in [2.75, 3.05) is 13.2 Å². The van der Waals surface area contributed by atoms with E-state index in [9.17, 15) is 22.8 Å². The molecule has 0 bridgehead atoms. The second-order valence-electron chi connectivity index (χ2n) is 3.48. The number of hydrogen-bond acceptors (Lipinski definition) is 4. The maximum absolute atomic E-state index is 12.2. The molecule has 0 atom stereocenters. The minimum absolute atomic E-state index is 0.183. The van der Waals surface area contributed by atoms with E-state index in [1.807, 2.05) is 0 Å². The first-order valence-electron chi connectivity index (χ1n) is 5.36. The highest BCUT2D eigenvalue weighted by Gasteiger charge is 2.33. The van der Waals surface area contributed by atoms with E-state index in [1.54, 1.807) is 6.92 Å². The molecule has 1 aromatic heterocycles. The maximum Gasteiger partial charge on any atom is 0.435 e. The van der Waals surface area contributed by atoms with Gasteiger partial charge in [0.25, 0.3) is 0 Å². The molecule has 0 saturated carbocycles. The van der Waals surface area contributed by atoms with Gasteiger partial charge in [-0.25, -0.2) is 0 Å².